The Balaban J connectivity index is 2.70. The molecule has 0 unspecified atom stereocenters. The summed E-state index contributed by atoms with van der Waals surface area (Å²) >= 11 is 0. The van der Waals surface area contributed by atoms with Crippen molar-refractivity contribution in [3.05, 3.63) is 71.3 Å². The van der Waals surface area contributed by atoms with Crippen LogP contribution in [0.2, 0.25) is 0 Å². The summed E-state index contributed by atoms with van der Waals surface area (Å²) < 4.78 is 5.08. The highest BCUT2D eigenvalue weighted by Gasteiger charge is 2.23. The highest BCUT2D eigenvalue weighted by molar-refractivity contribution is 6.07. The van der Waals surface area contributed by atoms with Crippen LogP contribution >= 0.6 is 0 Å². The first-order chi connectivity index (χ1) is 11.0. The fourth-order valence-electron chi connectivity index (χ4n) is 2.42. The van der Waals surface area contributed by atoms with E-state index in [2.05, 4.69) is 6.58 Å². The van der Waals surface area contributed by atoms with E-state index < -0.39 is 11.9 Å². The molecule has 0 fully saturated rings. The van der Waals surface area contributed by atoms with E-state index in [1.807, 2.05) is 32.0 Å². The number of carbonyl (C=O) groups excluding carboxylic acids is 1. The molecule has 118 valence electrons. The Kier molecular flexibility index (Phi) is 4.96. The SMILES string of the molecule is C=CCOC(=O)c1c(C(=O)O)cccc1-c1cccc(C)c1C. The third-order valence-corrected chi connectivity index (χ3v) is 3.73. The molecule has 0 spiro atoms. The molecular weight excluding hydrogens is 292 g/mol. The minimum absolute atomic E-state index is 0.0268. The van der Waals surface area contributed by atoms with Gasteiger partial charge in [0, 0.05) is 0 Å². The molecule has 0 atom stereocenters. The van der Waals surface area contributed by atoms with Gasteiger partial charge in [-0.25, -0.2) is 9.59 Å². The lowest BCUT2D eigenvalue weighted by molar-refractivity contribution is 0.0537. The third-order valence-electron chi connectivity index (χ3n) is 3.73. The molecule has 0 radical (unpaired) electrons. The molecule has 0 amide bonds. The largest absolute Gasteiger partial charge is 0.478 e. The normalized spacial score (nSPS) is 10.2. The zero-order chi connectivity index (χ0) is 17.0. The van der Waals surface area contributed by atoms with Gasteiger partial charge in [0.05, 0.1) is 11.1 Å². The van der Waals surface area contributed by atoms with Gasteiger partial charge in [0.15, 0.2) is 0 Å². The molecular formula is C19H18O4. The summed E-state index contributed by atoms with van der Waals surface area (Å²) in [5.74, 6) is -1.83. The molecule has 1 N–H and O–H groups in total. The molecule has 2 aromatic rings. The molecule has 0 aromatic heterocycles. The molecule has 4 heteroatoms. The van der Waals surface area contributed by atoms with Crippen molar-refractivity contribution < 1.29 is 19.4 Å². The van der Waals surface area contributed by atoms with Gasteiger partial charge < -0.3 is 9.84 Å². The number of ether oxygens (including phenoxy) is 1. The number of carboxylic acids is 1. The first kappa shape index (κ1) is 16.5. The fourth-order valence-corrected chi connectivity index (χ4v) is 2.42. The predicted molar refractivity (Wildman–Crippen MR) is 88.8 cm³/mol. The monoisotopic (exact) mass is 310 g/mol. The number of benzene rings is 2. The van der Waals surface area contributed by atoms with Crippen LogP contribution in [0.1, 0.15) is 31.8 Å². The van der Waals surface area contributed by atoms with E-state index in [-0.39, 0.29) is 17.7 Å². The molecule has 4 nitrogen and oxygen atoms in total. The summed E-state index contributed by atoms with van der Waals surface area (Å²) in [5, 5.41) is 9.41. The maximum Gasteiger partial charge on any atom is 0.339 e. The minimum Gasteiger partial charge on any atom is -0.478 e. The summed E-state index contributed by atoms with van der Waals surface area (Å²) in [6.07, 6.45) is 1.44. The first-order valence-corrected chi connectivity index (χ1v) is 7.18. The van der Waals surface area contributed by atoms with Gasteiger partial charge in [0.2, 0.25) is 0 Å². The summed E-state index contributed by atoms with van der Waals surface area (Å²) in [4.78, 5) is 23.9. The number of esters is 1. The standard InChI is InChI=1S/C19H18O4/c1-4-11-23-19(22)17-15(9-6-10-16(17)18(20)21)14-8-5-7-12(2)13(14)3/h4-10H,1,11H2,2-3H3,(H,20,21). The van der Waals surface area contributed by atoms with Gasteiger partial charge >= 0.3 is 11.9 Å². The van der Waals surface area contributed by atoms with E-state index >= 15 is 0 Å². The van der Waals surface area contributed by atoms with Gasteiger partial charge in [-0.1, -0.05) is 43.0 Å². The Labute approximate surface area is 135 Å². The number of hydrogen-bond acceptors (Lipinski definition) is 3. The topological polar surface area (TPSA) is 63.6 Å². The van der Waals surface area contributed by atoms with Crippen molar-refractivity contribution in [2.75, 3.05) is 6.61 Å². The lowest BCUT2D eigenvalue weighted by Crippen LogP contribution is -2.13. The van der Waals surface area contributed by atoms with Crippen LogP contribution in [-0.2, 0) is 4.74 Å². The van der Waals surface area contributed by atoms with Crippen LogP contribution in [-0.4, -0.2) is 23.7 Å². The second kappa shape index (κ2) is 6.92. The molecule has 0 aliphatic carbocycles. The van der Waals surface area contributed by atoms with E-state index in [1.54, 1.807) is 12.1 Å². The number of aryl methyl sites for hydroxylation is 1. The number of rotatable bonds is 5. The lowest BCUT2D eigenvalue weighted by atomic mass is 9.91. The molecule has 0 aliphatic rings. The zero-order valence-corrected chi connectivity index (χ0v) is 13.1. The van der Waals surface area contributed by atoms with Crippen molar-refractivity contribution >= 4 is 11.9 Å². The molecule has 23 heavy (non-hydrogen) atoms. The van der Waals surface area contributed by atoms with E-state index in [9.17, 15) is 14.7 Å². The van der Waals surface area contributed by atoms with E-state index in [4.69, 9.17) is 4.74 Å². The van der Waals surface area contributed by atoms with Crippen LogP contribution < -0.4 is 0 Å². The van der Waals surface area contributed by atoms with Gasteiger partial charge in [0.25, 0.3) is 0 Å². The maximum atomic E-state index is 12.4. The Hall–Kier alpha value is -2.88. The number of carbonyl (C=O) groups is 2. The summed E-state index contributed by atoms with van der Waals surface area (Å²) in [6.45, 7) is 7.43. The Morgan fingerprint density at radius 2 is 1.78 bits per heavy atom. The maximum absolute atomic E-state index is 12.4. The first-order valence-electron chi connectivity index (χ1n) is 7.18. The molecule has 0 bridgehead atoms. The predicted octanol–water partition coefficient (Wildman–Crippen LogP) is 4.01. The van der Waals surface area contributed by atoms with Crippen LogP contribution in [0.15, 0.2) is 49.1 Å². The quantitative estimate of drug-likeness (QED) is 0.669. The van der Waals surface area contributed by atoms with E-state index in [0.29, 0.717) is 5.56 Å². The van der Waals surface area contributed by atoms with Crippen molar-refractivity contribution in [1.82, 2.24) is 0 Å². The number of aromatic carboxylic acids is 1. The smallest absolute Gasteiger partial charge is 0.339 e. The van der Waals surface area contributed by atoms with E-state index in [0.717, 1.165) is 16.7 Å². The van der Waals surface area contributed by atoms with Gasteiger partial charge in [-0.3, -0.25) is 0 Å². The van der Waals surface area contributed by atoms with Gasteiger partial charge in [-0.2, -0.15) is 0 Å². The Bertz CT molecular complexity index is 775. The van der Waals surface area contributed by atoms with Gasteiger partial charge in [0.1, 0.15) is 6.61 Å². The van der Waals surface area contributed by atoms with Crippen LogP contribution in [0.4, 0.5) is 0 Å². The van der Waals surface area contributed by atoms with Crippen molar-refractivity contribution in [2.24, 2.45) is 0 Å². The average molecular weight is 310 g/mol. The van der Waals surface area contributed by atoms with Gasteiger partial charge in [-0.15, -0.1) is 0 Å². The third kappa shape index (κ3) is 3.31. The molecule has 0 heterocycles. The molecule has 2 rings (SSSR count). The van der Waals surface area contributed by atoms with Crippen LogP contribution in [0.3, 0.4) is 0 Å². The highest BCUT2D eigenvalue weighted by Crippen LogP contribution is 2.31. The number of carboxylic acid groups (broad SMARTS) is 1. The molecule has 0 saturated heterocycles. The summed E-state index contributed by atoms with van der Waals surface area (Å²) in [6, 6.07) is 10.5. The summed E-state index contributed by atoms with van der Waals surface area (Å²) in [5.41, 5.74) is 3.42. The van der Waals surface area contributed by atoms with Crippen molar-refractivity contribution in [1.29, 1.82) is 0 Å². The average Bonchev–Trinajstić information content (AvgIpc) is 2.54. The van der Waals surface area contributed by atoms with Gasteiger partial charge in [-0.05, 0) is 42.2 Å². The Morgan fingerprint density at radius 3 is 2.43 bits per heavy atom. The van der Waals surface area contributed by atoms with Crippen molar-refractivity contribution in [3.63, 3.8) is 0 Å². The van der Waals surface area contributed by atoms with Crippen molar-refractivity contribution in [2.45, 2.75) is 13.8 Å². The molecule has 2 aromatic carbocycles. The lowest BCUT2D eigenvalue weighted by Gasteiger charge is -2.15. The minimum atomic E-state index is -1.16. The van der Waals surface area contributed by atoms with Crippen LogP contribution in [0.25, 0.3) is 11.1 Å². The zero-order valence-electron chi connectivity index (χ0n) is 13.1. The molecule has 0 aliphatic heterocycles. The second-order valence-electron chi connectivity index (χ2n) is 5.17. The van der Waals surface area contributed by atoms with Crippen molar-refractivity contribution in [3.8, 4) is 11.1 Å². The Morgan fingerprint density at radius 1 is 1.13 bits per heavy atom. The number of hydrogen-bond donors (Lipinski definition) is 1. The van der Waals surface area contributed by atoms with Crippen LogP contribution in [0, 0.1) is 13.8 Å². The van der Waals surface area contributed by atoms with E-state index in [1.165, 1.54) is 12.1 Å². The second-order valence-corrected chi connectivity index (χ2v) is 5.17. The molecule has 0 saturated carbocycles. The fraction of sp³-hybridized carbons (Fsp3) is 0.158. The van der Waals surface area contributed by atoms with Crippen LogP contribution in [0.5, 0.6) is 0 Å². The summed E-state index contributed by atoms with van der Waals surface area (Å²) in [7, 11) is 0. The highest BCUT2D eigenvalue weighted by atomic mass is 16.5.